The predicted octanol–water partition coefficient (Wildman–Crippen LogP) is -0.293. The standard InChI is InChI=1S/C11H21N3O2/c1-7(2)8(12)9(15)14-6-5-13-10(16)11(14,3)4/h7-8H,5-6,12H2,1-4H3,(H,13,16)/t8-/m0/s1. The van der Waals surface area contributed by atoms with E-state index in [4.69, 9.17) is 5.73 Å². The highest BCUT2D eigenvalue weighted by Crippen LogP contribution is 2.19. The quantitative estimate of drug-likeness (QED) is 0.680. The number of nitrogens with one attached hydrogen (secondary N) is 1. The van der Waals surface area contributed by atoms with E-state index >= 15 is 0 Å². The Kier molecular flexibility index (Phi) is 3.57. The lowest BCUT2D eigenvalue weighted by atomic mass is 9.95. The summed E-state index contributed by atoms with van der Waals surface area (Å²) in [4.78, 5) is 25.4. The first-order chi connectivity index (χ1) is 7.28. The minimum Gasteiger partial charge on any atom is -0.352 e. The van der Waals surface area contributed by atoms with Gasteiger partial charge in [-0.1, -0.05) is 13.8 Å². The molecule has 1 rings (SSSR count). The summed E-state index contributed by atoms with van der Waals surface area (Å²) in [6, 6.07) is -0.537. The smallest absolute Gasteiger partial charge is 0.245 e. The average molecular weight is 227 g/mol. The van der Waals surface area contributed by atoms with Crippen LogP contribution >= 0.6 is 0 Å². The molecular weight excluding hydrogens is 206 g/mol. The zero-order valence-electron chi connectivity index (χ0n) is 10.4. The summed E-state index contributed by atoms with van der Waals surface area (Å²) in [7, 11) is 0. The molecule has 0 aromatic carbocycles. The van der Waals surface area contributed by atoms with Gasteiger partial charge in [-0.05, 0) is 19.8 Å². The Morgan fingerprint density at radius 1 is 1.50 bits per heavy atom. The van der Waals surface area contributed by atoms with Gasteiger partial charge in [-0.3, -0.25) is 9.59 Å². The molecule has 1 heterocycles. The van der Waals surface area contributed by atoms with Crippen LogP contribution in [0.25, 0.3) is 0 Å². The fourth-order valence-electron chi connectivity index (χ4n) is 1.75. The third-order valence-electron chi connectivity index (χ3n) is 3.12. The van der Waals surface area contributed by atoms with Crippen molar-refractivity contribution < 1.29 is 9.59 Å². The molecule has 5 heteroatoms. The Bertz CT molecular complexity index is 300. The minimum atomic E-state index is -0.804. The monoisotopic (exact) mass is 227 g/mol. The zero-order chi connectivity index (χ0) is 12.5. The highest BCUT2D eigenvalue weighted by molar-refractivity contribution is 5.93. The second kappa shape index (κ2) is 4.41. The van der Waals surface area contributed by atoms with Gasteiger partial charge in [0.2, 0.25) is 11.8 Å². The van der Waals surface area contributed by atoms with Gasteiger partial charge in [0, 0.05) is 13.1 Å². The number of hydrogen-bond acceptors (Lipinski definition) is 3. The summed E-state index contributed by atoms with van der Waals surface area (Å²) in [6.07, 6.45) is 0. The molecule has 0 spiro atoms. The van der Waals surface area contributed by atoms with Crippen molar-refractivity contribution in [1.82, 2.24) is 10.2 Å². The third kappa shape index (κ3) is 2.19. The van der Waals surface area contributed by atoms with E-state index < -0.39 is 11.6 Å². The van der Waals surface area contributed by atoms with Gasteiger partial charge in [-0.15, -0.1) is 0 Å². The lowest BCUT2D eigenvalue weighted by Crippen LogP contribution is -2.66. The fraction of sp³-hybridized carbons (Fsp3) is 0.818. The van der Waals surface area contributed by atoms with Crippen LogP contribution in [0.4, 0.5) is 0 Å². The molecule has 1 aliphatic rings. The summed E-state index contributed by atoms with van der Waals surface area (Å²) >= 11 is 0. The van der Waals surface area contributed by atoms with Crippen LogP contribution in [0.2, 0.25) is 0 Å². The van der Waals surface area contributed by atoms with Crippen molar-refractivity contribution in [3.8, 4) is 0 Å². The zero-order valence-corrected chi connectivity index (χ0v) is 10.4. The number of carbonyl (C=O) groups excluding carboxylic acids is 2. The number of rotatable bonds is 2. The molecule has 3 N–H and O–H groups in total. The summed E-state index contributed by atoms with van der Waals surface area (Å²) in [5.41, 5.74) is 5.03. The Morgan fingerprint density at radius 2 is 2.06 bits per heavy atom. The van der Waals surface area contributed by atoms with Gasteiger partial charge >= 0.3 is 0 Å². The molecular formula is C11H21N3O2. The third-order valence-corrected chi connectivity index (χ3v) is 3.12. The highest BCUT2D eigenvalue weighted by Gasteiger charge is 2.42. The summed E-state index contributed by atoms with van der Waals surface area (Å²) in [5, 5.41) is 2.75. The number of carbonyl (C=O) groups is 2. The molecule has 0 aliphatic carbocycles. The molecule has 5 nitrogen and oxygen atoms in total. The van der Waals surface area contributed by atoms with Crippen LogP contribution in [0.15, 0.2) is 0 Å². The molecule has 1 aliphatic heterocycles. The van der Waals surface area contributed by atoms with Gasteiger partial charge in [-0.25, -0.2) is 0 Å². The van der Waals surface area contributed by atoms with Crippen LogP contribution in [0, 0.1) is 5.92 Å². The number of amides is 2. The topological polar surface area (TPSA) is 75.4 Å². The van der Waals surface area contributed by atoms with E-state index in [2.05, 4.69) is 5.32 Å². The first kappa shape index (κ1) is 13.0. The fourth-order valence-corrected chi connectivity index (χ4v) is 1.75. The van der Waals surface area contributed by atoms with E-state index in [0.717, 1.165) is 0 Å². The normalized spacial score (nSPS) is 21.9. The molecule has 0 saturated carbocycles. The van der Waals surface area contributed by atoms with E-state index in [9.17, 15) is 9.59 Å². The molecule has 0 radical (unpaired) electrons. The molecule has 16 heavy (non-hydrogen) atoms. The Hall–Kier alpha value is -1.10. The first-order valence-electron chi connectivity index (χ1n) is 5.64. The minimum absolute atomic E-state index is 0.0771. The molecule has 1 saturated heterocycles. The van der Waals surface area contributed by atoms with Crippen molar-refractivity contribution >= 4 is 11.8 Å². The van der Waals surface area contributed by atoms with Crippen molar-refractivity contribution in [3.63, 3.8) is 0 Å². The van der Waals surface area contributed by atoms with Crippen LogP contribution in [0.1, 0.15) is 27.7 Å². The van der Waals surface area contributed by atoms with Crippen LogP contribution < -0.4 is 11.1 Å². The second-order valence-corrected chi connectivity index (χ2v) is 5.07. The van der Waals surface area contributed by atoms with Crippen molar-refractivity contribution in [2.24, 2.45) is 11.7 Å². The van der Waals surface area contributed by atoms with Crippen molar-refractivity contribution in [2.45, 2.75) is 39.3 Å². The van der Waals surface area contributed by atoms with E-state index in [-0.39, 0.29) is 17.7 Å². The van der Waals surface area contributed by atoms with Gasteiger partial charge in [-0.2, -0.15) is 0 Å². The maximum Gasteiger partial charge on any atom is 0.245 e. The van der Waals surface area contributed by atoms with E-state index in [0.29, 0.717) is 13.1 Å². The number of piperazine rings is 1. The van der Waals surface area contributed by atoms with Gasteiger partial charge in [0.25, 0.3) is 0 Å². The first-order valence-corrected chi connectivity index (χ1v) is 5.64. The molecule has 1 atom stereocenters. The molecule has 1 fully saturated rings. The molecule has 2 amide bonds. The average Bonchev–Trinajstić information content (AvgIpc) is 2.19. The number of nitrogens with zero attached hydrogens (tertiary/aromatic N) is 1. The molecule has 92 valence electrons. The molecule has 0 bridgehead atoms. The van der Waals surface area contributed by atoms with Crippen LogP contribution in [-0.4, -0.2) is 41.4 Å². The van der Waals surface area contributed by atoms with E-state index in [1.54, 1.807) is 18.7 Å². The van der Waals surface area contributed by atoms with E-state index in [1.807, 2.05) is 13.8 Å². The lowest BCUT2D eigenvalue weighted by molar-refractivity contribution is -0.150. The van der Waals surface area contributed by atoms with Crippen molar-refractivity contribution in [1.29, 1.82) is 0 Å². The highest BCUT2D eigenvalue weighted by atomic mass is 16.2. The molecule has 0 aromatic rings. The van der Waals surface area contributed by atoms with Gasteiger partial charge < -0.3 is 16.0 Å². The number of nitrogens with two attached hydrogens (primary N) is 1. The van der Waals surface area contributed by atoms with Gasteiger partial charge in [0.15, 0.2) is 0 Å². The summed E-state index contributed by atoms with van der Waals surface area (Å²) < 4.78 is 0. The maximum absolute atomic E-state index is 12.1. The number of hydrogen-bond donors (Lipinski definition) is 2. The Balaban J connectivity index is 2.86. The summed E-state index contributed by atoms with van der Waals surface area (Å²) in [5.74, 6) is -0.189. The summed E-state index contributed by atoms with van der Waals surface area (Å²) in [6.45, 7) is 8.31. The Labute approximate surface area is 96.4 Å². The van der Waals surface area contributed by atoms with Gasteiger partial charge in [0.1, 0.15) is 5.54 Å². The largest absolute Gasteiger partial charge is 0.352 e. The predicted molar refractivity (Wildman–Crippen MR) is 61.6 cm³/mol. The van der Waals surface area contributed by atoms with Crippen molar-refractivity contribution in [3.05, 3.63) is 0 Å². The van der Waals surface area contributed by atoms with Crippen LogP contribution in [0.5, 0.6) is 0 Å². The van der Waals surface area contributed by atoms with E-state index in [1.165, 1.54) is 0 Å². The molecule has 0 aromatic heterocycles. The van der Waals surface area contributed by atoms with Crippen LogP contribution in [-0.2, 0) is 9.59 Å². The second-order valence-electron chi connectivity index (χ2n) is 5.07. The lowest BCUT2D eigenvalue weighted by Gasteiger charge is -2.42. The maximum atomic E-state index is 12.1. The van der Waals surface area contributed by atoms with Gasteiger partial charge in [0.05, 0.1) is 6.04 Å². The SMILES string of the molecule is CC(C)[C@H](N)C(=O)N1CCNC(=O)C1(C)C. The molecule has 0 unspecified atom stereocenters. The Morgan fingerprint density at radius 3 is 2.56 bits per heavy atom. The van der Waals surface area contributed by atoms with Crippen LogP contribution in [0.3, 0.4) is 0 Å². The van der Waals surface area contributed by atoms with Crippen molar-refractivity contribution in [2.75, 3.05) is 13.1 Å².